The molecule has 2 nitrogen and oxygen atoms in total. The second-order valence-corrected chi connectivity index (χ2v) is 6.32. The van der Waals surface area contributed by atoms with Gasteiger partial charge in [0.25, 0.3) is 0 Å². The molecule has 0 aromatic carbocycles. The van der Waals surface area contributed by atoms with Gasteiger partial charge in [0.2, 0.25) is 0 Å². The van der Waals surface area contributed by atoms with E-state index in [9.17, 15) is 0 Å². The van der Waals surface area contributed by atoms with E-state index in [1.54, 1.807) is 0 Å². The zero-order valence-electron chi connectivity index (χ0n) is 10.7. The second-order valence-electron chi connectivity index (χ2n) is 6.32. The van der Waals surface area contributed by atoms with Gasteiger partial charge in [-0.3, -0.25) is 9.80 Å². The summed E-state index contributed by atoms with van der Waals surface area (Å²) in [6.07, 6.45) is 8.76. The molecule has 16 heavy (non-hydrogen) atoms. The van der Waals surface area contributed by atoms with E-state index >= 15 is 0 Å². The van der Waals surface area contributed by atoms with Crippen LogP contribution in [0.5, 0.6) is 0 Å². The van der Waals surface area contributed by atoms with E-state index in [0.717, 1.165) is 11.5 Å². The molecule has 1 saturated carbocycles. The molecule has 2 heterocycles. The van der Waals surface area contributed by atoms with Gasteiger partial charge in [-0.1, -0.05) is 13.3 Å². The first-order valence-electron chi connectivity index (χ1n) is 7.28. The van der Waals surface area contributed by atoms with Crippen molar-refractivity contribution < 1.29 is 0 Å². The van der Waals surface area contributed by atoms with E-state index in [1.165, 1.54) is 71.2 Å². The fourth-order valence-corrected chi connectivity index (χ4v) is 3.87. The van der Waals surface area contributed by atoms with E-state index < -0.39 is 0 Å². The topological polar surface area (TPSA) is 6.48 Å². The molecule has 1 atom stereocenters. The first-order chi connectivity index (χ1) is 7.81. The summed E-state index contributed by atoms with van der Waals surface area (Å²) in [5.74, 6) is 0. The number of rotatable bonds is 4. The van der Waals surface area contributed by atoms with Crippen LogP contribution in [-0.2, 0) is 0 Å². The highest BCUT2D eigenvalue weighted by Crippen LogP contribution is 2.50. The normalized spacial score (nSPS) is 33.9. The minimum Gasteiger partial charge on any atom is -0.300 e. The van der Waals surface area contributed by atoms with E-state index in [-0.39, 0.29) is 0 Å². The van der Waals surface area contributed by atoms with Crippen molar-refractivity contribution in [2.24, 2.45) is 5.41 Å². The zero-order chi connectivity index (χ0) is 11.0. The first kappa shape index (κ1) is 11.0. The lowest BCUT2D eigenvalue weighted by Crippen LogP contribution is -2.51. The summed E-state index contributed by atoms with van der Waals surface area (Å²) in [5, 5.41) is 0. The van der Waals surface area contributed by atoms with Crippen LogP contribution in [0.2, 0.25) is 0 Å². The van der Waals surface area contributed by atoms with Crippen LogP contribution in [-0.4, -0.2) is 48.6 Å². The standard InChI is InChI=1S/C14H26N2/c1-2-5-14(6-7-14)12-15-9-10-16-8-3-4-13(16)11-15/h13H,2-12H2,1H3. The van der Waals surface area contributed by atoms with E-state index in [0.29, 0.717) is 0 Å². The monoisotopic (exact) mass is 222 g/mol. The average Bonchev–Trinajstić information content (AvgIpc) is 2.87. The average molecular weight is 222 g/mol. The van der Waals surface area contributed by atoms with Crippen molar-refractivity contribution in [3.05, 3.63) is 0 Å². The smallest absolute Gasteiger partial charge is 0.0224 e. The number of hydrogen-bond donors (Lipinski definition) is 0. The molecule has 3 aliphatic rings. The lowest BCUT2D eigenvalue weighted by atomic mass is 9.99. The largest absolute Gasteiger partial charge is 0.300 e. The molecule has 0 amide bonds. The molecule has 3 rings (SSSR count). The summed E-state index contributed by atoms with van der Waals surface area (Å²) in [4.78, 5) is 5.49. The Labute approximate surface area is 100.0 Å². The van der Waals surface area contributed by atoms with E-state index in [4.69, 9.17) is 0 Å². The molecule has 0 bridgehead atoms. The van der Waals surface area contributed by atoms with Gasteiger partial charge in [-0.25, -0.2) is 0 Å². The van der Waals surface area contributed by atoms with Gasteiger partial charge < -0.3 is 0 Å². The van der Waals surface area contributed by atoms with Gasteiger partial charge in [-0.2, -0.15) is 0 Å². The summed E-state index contributed by atoms with van der Waals surface area (Å²) < 4.78 is 0. The van der Waals surface area contributed by atoms with Gasteiger partial charge in [0.15, 0.2) is 0 Å². The maximum Gasteiger partial charge on any atom is 0.0224 e. The third-order valence-corrected chi connectivity index (χ3v) is 4.97. The fourth-order valence-electron chi connectivity index (χ4n) is 3.87. The Kier molecular flexibility index (Phi) is 2.97. The Morgan fingerprint density at radius 1 is 1.19 bits per heavy atom. The van der Waals surface area contributed by atoms with Gasteiger partial charge >= 0.3 is 0 Å². The van der Waals surface area contributed by atoms with Crippen LogP contribution in [0.1, 0.15) is 45.4 Å². The van der Waals surface area contributed by atoms with Crippen LogP contribution in [0.4, 0.5) is 0 Å². The third kappa shape index (κ3) is 2.14. The highest BCUT2D eigenvalue weighted by Gasteiger charge is 2.44. The van der Waals surface area contributed by atoms with Crippen LogP contribution in [0, 0.1) is 5.41 Å². The number of hydrogen-bond acceptors (Lipinski definition) is 2. The molecule has 1 aliphatic carbocycles. The molecule has 2 heteroatoms. The summed E-state index contributed by atoms with van der Waals surface area (Å²) in [7, 11) is 0. The third-order valence-electron chi connectivity index (χ3n) is 4.97. The quantitative estimate of drug-likeness (QED) is 0.720. The molecule has 0 spiro atoms. The molecule has 2 aliphatic heterocycles. The Morgan fingerprint density at radius 2 is 2.06 bits per heavy atom. The van der Waals surface area contributed by atoms with Crippen molar-refractivity contribution in [2.45, 2.75) is 51.5 Å². The van der Waals surface area contributed by atoms with Crippen LogP contribution >= 0.6 is 0 Å². The van der Waals surface area contributed by atoms with Crippen LogP contribution in [0.15, 0.2) is 0 Å². The molecular formula is C14H26N2. The predicted octanol–water partition coefficient (Wildman–Crippen LogP) is 2.35. The highest BCUT2D eigenvalue weighted by molar-refractivity contribution is 4.97. The van der Waals surface area contributed by atoms with Crippen molar-refractivity contribution in [1.82, 2.24) is 9.80 Å². The van der Waals surface area contributed by atoms with Gasteiger partial charge in [0, 0.05) is 32.2 Å². The second kappa shape index (κ2) is 4.30. The molecule has 0 aromatic rings. The molecule has 0 N–H and O–H groups in total. The van der Waals surface area contributed by atoms with Gasteiger partial charge in [0.05, 0.1) is 0 Å². The van der Waals surface area contributed by atoms with Gasteiger partial charge in [-0.15, -0.1) is 0 Å². The lowest BCUT2D eigenvalue weighted by molar-refractivity contribution is 0.0861. The summed E-state index contributed by atoms with van der Waals surface area (Å²) >= 11 is 0. The Balaban J connectivity index is 1.52. The maximum absolute atomic E-state index is 2.77. The maximum atomic E-state index is 2.77. The predicted molar refractivity (Wildman–Crippen MR) is 67.6 cm³/mol. The van der Waals surface area contributed by atoms with Crippen molar-refractivity contribution in [3.8, 4) is 0 Å². The molecule has 92 valence electrons. The van der Waals surface area contributed by atoms with Gasteiger partial charge in [0.1, 0.15) is 0 Å². The van der Waals surface area contributed by atoms with Crippen LogP contribution in [0.25, 0.3) is 0 Å². The molecular weight excluding hydrogens is 196 g/mol. The summed E-state index contributed by atoms with van der Waals surface area (Å²) in [6.45, 7) is 9.17. The van der Waals surface area contributed by atoms with Crippen molar-refractivity contribution >= 4 is 0 Å². The number of piperazine rings is 1. The Hall–Kier alpha value is -0.0800. The summed E-state index contributed by atoms with van der Waals surface area (Å²) in [5.41, 5.74) is 0.759. The highest BCUT2D eigenvalue weighted by atomic mass is 15.3. The van der Waals surface area contributed by atoms with E-state index in [2.05, 4.69) is 16.7 Å². The van der Waals surface area contributed by atoms with E-state index in [1.807, 2.05) is 0 Å². The van der Waals surface area contributed by atoms with Gasteiger partial charge in [-0.05, 0) is 44.1 Å². The Bertz CT molecular complexity index is 247. The molecule has 0 aromatic heterocycles. The fraction of sp³-hybridized carbons (Fsp3) is 1.00. The lowest BCUT2D eigenvalue weighted by Gasteiger charge is -2.39. The molecule has 3 fully saturated rings. The van der Waals surface area contributed by atoms with Crippen LogP contribution in [0.3, 0.4) is 0 Å². The minimum absolute atomic E-state index is 0.759. The SMILES string of the molecule is CCCC1(CN2CCN3CCCC3C2)CC1. The zero-order valence-corrected chi connectivity index (χ0v) is 10.7. The van der Waals surface area contributed by atoms with Crippen molar-refractivity contribution in [3.63, 3.8) is 0 Å². The molecule has 0 radical (unpaired) electrons. The summed E-state index contributed by atoms with van der Waals surface area (Å²) in [6, 6.07) is 0.908. The Morgan fingerprint density at radius 3 is 2.81 bits per heavy atom. The van der Waals surface area contributed by atoms with Crippen molar-refractivity contribution in [1.29, 1.82) is 0 Å². The number of nitrogens with zero attached hydrogens (tertiary/aromatic N) is 2. The molecule has 2 saturated heterocycles. The van der Waals surface area contributed by atoms with Crippen molar-refractivity contribution in [2.75, 3.05) is 32.7 Å². The number of fused-ring (bicyclic) bond motifs is 1. The van der Waals surface area contributed by atoms with Crippen LogP contribution < -0.4 is 0 Å². The first-order valence-corrected chi connectivity index (χ1v) is 7.28. The molecule has 1 unspecified atom stereocenters. The minimum atomic E-state index is 0.759.